The Labute approximate surface area is 106 Å². The number of carboxylic acid groups (broad SMARTS) is 1. The predicted octanol–water partition coefficient (Wildman–Crippen LogP) is 1.59. The molecule has 6 heteroatoms. The summed E-state index contributed by atoms with van der Waals surface area (Å²) < 4.78 is 5.30. The number of nitrogens with one attached hydrogen (secondary N) is 1. The molecule has 0 aliphatic heterocycles. The topological polar surface area (TPSA) is 82.8 Å². The van der Waals surface area contributed by atoms with E-state index in [0.29, 0.717) is 12.2 Å². The number of likely N-dealkylation sites (N-methyl/N-ethyl adjacent to an activating group) is 1. The van der Waals surface area contributed by atoms with Gasteiger partial charge in [-0.1, -0.05) is 6.92 Å². The van der Waals surface area contributed by atoms with Gasteiger partial charge in [0.05, 0.1) is 6.54 Å². The predicted molar refractivity (Wildman–Crippen MR) is 65.2 cm³/mol. The van der Waals surface area contributed by atoms with Gasteiger partial charge in [0.25, 0.3) is 0 Å². The molecule has 0 saturated carbocycles. The molecule has 1 heterocycles. The Balaban J connectivity index is 2.52. The highest BCUT2D eigenvalue weighted by atomic mass is 16.4. The fraction of sp³-hybridized carbons (Fsp3) is 0.500. The van der Waals surface area contributed by atoms with E-state index in [1.807, 2.05) is 6.92 Å². The van der Waals surface area contributed by atoms with Crippen molar-refractivity contribution in [2.75, 3.05) is 7.05 Å². The Hall–Kier alpha value is -1.98. The first-order chi connectivity index (χ1) is 8.45. The second-order valence-electron chi connectivity index (χ2n) is 4.04. The smallest absolute Gasteiger partial charge is 0.326 e. The molecule has 0 fully saturated rings. The molecule has 0 spiro atoms. The molecule has 0 bridgehead atoms. The van der Waals surface area contributed by atoms with Gasteiger partial charge in [0.15, 0.2) is 0 Å². The first kappa shape index (κ1) is 14.1. The third-order valence-corrected chi connectivity index (χ3v) is 2.67. The number of nitrogens with zero attached hydrogens (tertiary/aromatic N) is 1. The number of carbonyl (C=O) groups is 2. The first-order valence-corrected chi connectivity index (χ1v) is 5.74. The molecular formula is C12H18N2O4. The minimum absolute atomic E-state index is 0.243. The SMILES string of the molecule is CCC(C(=O)O)N(C)C(=O)NCc1ccc(C)o1. The summed E-state index contributed by atoms with van der Waals surface area (Å²) in [5.41, 5.74) is 0. The number of urea groups is 1. The molecule has 1 unspecified atom stereocenters. The van der Waals surface area contributed by atoms with Crippen LogP contribution in [0.15, 0.2) is 16.5 Å². The van der Waals surface area contributed by atoms with E-state index in [4.69, 9.17) is 9.52 Å². The highest BCUT2D eigenvalue weighted by Gasteiger charge is 2.24. The van der Waals surface area contributed by atoms with E-state index < -0.39 is 18.0 Å². The van der Waals surface area contributed by atoms with Gasteiger partial charge in [0.2, 0.25) is 0 Å². The highest BCUT2D eigenvalue weighted by molar-refractivity contribution is 5.82. The van der Waals surface area contributed by atoms with Crippen LogP contribution in [-0.4, -0.2) is 35.1 Å². The summed E-state index contributed by atoms with van der Waals surface area (Å²) in [6.45, 7) is 3.78. The number of hydrogen-bond acceptors (Lipinski definition) is 3. The summed E-state index contributed by atoms with van der Waals surface area (Å²) in [7, 11) is 1.46. The second kappa shape index (κ2) is 6.09. The Kier molecular flexibility index (Phi) is 4.76. The van der Waals surface area contributed by atoms with Crippen molar-refractivity contribution >= 4 is 12.0 Å². The van der Waals surface area contributed by atoms with Crippen molar-refractivity contribution in [2.45, 2.75) is 32.9 Å². The lowest BCUT2D eigenvalue weighted by Crippen LogP contribution is -2.46. The van der Waals surface area contributed by atoms with Gasteiger partial charge in [-0.05, 0) is 25.5 Å². The van der Waals surface area contributed by atoms with E-state index in [1.165, 1.54) is 11.9 Å². The van der Waals surface area contributed by atoms with Crippen molar-refractivity contribution in [1.82, 2.24) is 10.2 Å². The first-order valence-electron chi connectivity index (χ1n) is 5.74. The summed E-state index contributed by atoms with van der Waals surface area (Å²) in [5.74, 6) is 0.395. The lowest BCUT2D eigenvalue weighted by Gasteiger charge is -2.23. The van der Waals surface area contributed by atoms with E-state index in [0.717, 1.165) is 5.76 Å². The molecule has 2 N–H and O–H groups in total. The summed E-state index contributed by atoms with van der Waals surface area (Å²) in [4.78, 5) is 23.8. The van der Waals surface area contributed by atoms with Gasteiger partial charge in [-0.2, -0.15) is 0 Å². The van der Waals surface area contributed by atoms with Crippen molar-refractivity contribution < 1.29 is 19.1 Å². The molecule has 1 rings (SSSR count). The number of amides is 2. The van der Waals surface area contributed by atoms with Gasteiger partial charge >= 0.3 is 12.0 Å². The summed E-state index contributed by atoms with van der Waals surface area (Å²) in [5, 5.41) is 11.6. The molecule has 6 nitrogen and oxygen atoms in total. The van der Waals surface area contributed by atoms with Gasteiger partial charge in [-0.3, -0.25) is 0 Å². The van der Waals surface area contributed by atoms with E-state index in [1.54, 1.807) is 19.1 Å². The number of aliphatic carboxylic acids is 1. The van der Waals surface area contributed by atoms with Gasteiger partial charge in [0.1, 0.15) is 17.6 Å². The second-order valence-corrected chi connectivity index (χ2v) is 4.04. The molecule has 1 aromatic rings. The summed E-state index contributed by atoms with van der Waals surface area (Å²) in [6, 6.07) is 2.32. The van der Waals surface area contributed by atoms with E-state index in [2.05, 4.69) is 5.32 Å². The fourth-order valence-corrected chi connectivity index (χ4v) is 1.62. The van der Waals surface area contributed by atoms with Crippen LogP contribution in [0.3, 0.4) is 0 Å². The van der Waals surface area contributed by atoms with Crippen LogP contribution in [-0.2, 0) is 11.3 Å². The minimum Gasteiger partial charge on any atom is -0.480 e. The van der Waals surface area contributed by atoms with E-state index in [9.17, 15) is 9.59 Å². The zero-order chi connectivity index (χ0) is 13.7. The molecule has 0 saturated heterocycles. The highest BCUT2D eigenvalue weighted by Crippen LogP contribution is 2.07. The van der Waals surface area contributed by atoms with Crippen LogP contribution in [0, 0.1) is 6.92 Å². The van der Waals surface area contributed by atoms with E-state index >= 15 is 0 Å². The average molecular weight is 254 g/mol. The van der Waals surface area contributed by atoms with Crippen molar-refractivity contribution in [3.63, 3.8) is 0 Å². The maximum atomic E-state index is 11.7. The lowest BCUT2D eigenvalue weighted by molar-refractivity contribution is -0.141. The number of aryl methyl sites for hydroxylation is 1. The maximum Gasteiger partial charge on any atom is 0.326 e. The van der Waals surface area contributed by atoms with Gasteiger partial charge < -0.3 is 19.7 Å². The monoisotopic (exact) mass is 254 g/mol. The standard InChI is InChI=1S/C12H18N2O4/c1-4-10(11(15)16)14(3)12(17)13-7-9-6-5-8(2)18-9/h5-6,10H,4,7H2,1-3H3,(H,13,17)(H,15,16). The van der Waals surface area contributed by atoms with Crippen LogP contribution in [0.2, 0.25) is 0 Å². The van der Waals surface area contributed by atoms with Crippen LogP contribution < -0.4 is 5.32 Å². The largest absolute Gasteiger partial charge is 0.480 e. The molecule has 0 aliphatic rings. The van der Waals surface area contributed by atoms with E-state index in [-0.39, 0.29) is 6.54 Å². The van der Waals surface area contributed by atoms with Crippen molar-refractivity contribution in [2.24, 2.45) is 0 Å². The quantitative estimate of drug-likeness (QED) is 0.836. The molecule has 0 aliphatic carbocycles. The normalized spacial score (nSPS) is 11.9. The van der Waals surface area contributed by atoms with Crippen LogP contribution in [0.25, 0.3) is 0 Å². The molecular weight excluding hydrogens is 236 g/mol. The lowest BCUT2D eigenvalue weighted by atomic mass is 10.2. The third-order valence-electron chi connectivity index (χ3n) is 2.67. The number of carbonyl (C=O) groups excluding carboxylic acids is 1. The van der Waals surface area contributed by atoms with Crippen molar-refractivity contribution in [1.29, 1.82) is 0 Å². The van der Waals surface area contributed by atoms with Crippen LogP contribution in [0.5, 0.6) is 0 Å². The van der Waals surface area contributed by atoms with Gasteiger partial charge in [0, 0.05) is 7.05 Å². The van der Waals surface area contributed by atoms with Crippen molar-refractivity contribution in [3.05, 3.63) is 23.7 Å². The number of rotatable bonds is 5. The average Bonchev–Trinajstić information content (AvgIpc) is 2.72. The maximum absolute atomic E-state index is 11.7. The van der Waals surface area contributed by atoms with Gasteiger partial charge in [-0.15, -0.1) is 0 Å². The Bertz CT molecular complexity index is 427. The number of hydrogen-bond donors (Lipinski definition) is 2. The zero-order valence-corrected chi connectivity index (χ0v) is 10.8. The number of carboxylic acids is 1. The molecule has 1 aromatic heterocycles. The molecule has 0 aromatic carbocycles. The molecule has 0 radical (unpaired) electrons. The number of furan rings is 1. The molecule has 1 atom stereocenters. The van der Waals surface area contributed by atoms with Crippen LogP contribution in [0.1, 0.15) is 24.9 Å². The Morgan fingerprint density at radius 1 is 1.50 bits per heavy atom. The molecule has 18 heavy (non-hydrogen) atoms. The molecule has 100 valence electrons. The zero-order valence-electron chi connectivity index (χ0n) is 10.8. The minimum atomic E-state index is -1.01. The van der Waals surface area contributed by atoms with Gasteiger partial charge in [-0.25, -0.2) is 9.59 Å². The van der Waals surface area contributed by atoms with Crippen LogP contribution in [0.4, 0.5) is 4.79 Å². The van der Waals surface area contributed by atoms with Crippen LogP contribution >= 0.6 is 0 Å². The summed E-state index contributed by atoms with van der Waals surface area (Å²) >= 11 is 0. The Morgan fingerprint density at radius 2 is 2.17 bits per heavy atom. The molecule has 2 amide bonds. The Morgan fingerprint density at radius 3 is 2.61 bits per heavy atom. The third kappa shape index (κ3) is 3.51. The fourth-order valence-electron chi connectivity index (χ4n) is 1.62. The summed E-state index contributed by atoms with van der Waals surface area (Å²) in [6.07, 6.45) is 0.360. The van der Waals surface area contributed by atoms with Crippen molar-refractivity contribution in [3.8, 4) is 0 Å².